The number of primary amides is 1. The maximum absolute atomic E-state index is 15.1. The summed E-state index contributed by atoms with van der Waals surface area (Å²) in [5, 5.41) is 12.6. The smallest absolute Gasteiger partial charge is 0.411 e. The molecule has 0 spiro atoms. The maximum Gasteiger partial charge on any atom is 0.411 e. The van der Waals surface area contributed by atoms with E-state index in [9.17, 15) is 19.6 Å². The Balaban J connectivity index is 1.29. The fourth-order valence-electron chi connectivity index (χ4n) is 6.66. The molecule has 5 rings (SSSR count). The van der Waals surface area contributed by atoms with Crippen LogP contribution >= 0.6 is 0 Å². The van der Waals surface area contributed by atoms with Crippen molar-refractivity contribution < 1.29 is 23.5 Å². The van der Waals surface area contributed by atoms with E-state index in [0.29, 0.717) is 34.4 Å². The van der Waals surface area contributed by atoms with Crippen LogP contribution in [0.5, 0.6) is 0 Å². The van der Waals surface area contributed by atoms with Crippen LogP contribution in [-0.4, -0.2) is 46.5 Å². The molecule has 1 heterocycles. The molecule has 204 valence electrons. The first-order valence-electron chi connectivity index (χ1n) is 13.3. The number of ether oxygens (including phenoxy) is 1. The number of piperidine rings is 1. The Hall–Kier alpha value is -3.93. The number of nitriles is 1. The van der Waals surface area contributed by atoms with Crippen molar-refractivity contribution in [1.29, 1.82) is 5.26 Å². The molecule has 2 aromatic carbocycles. The zero-order chi connectivity index (χ0) is 28.2. The van der Waals surface area contributed by atoms with Crippen LogP contribution in [-0.2, 0) is 16.0 Å². The van der Waals surface area contributed by atoms with Crippen LogP contribution in [0.4, 0.5) is 9.18 Å². The van der Waals surface area contributed by atoms with Crippen molar-refractivity contribution in [3.63, 3.8) is 0 Å². The number of carbonyl (C=O) groups is 3. The van der Waals surface area contributed by atoms with Crippen LogP contribution in [0.2, 0.25) is 0 Å². The topological polar surface area (TPSA) is 126 Å². The molecule has 7 atom stereocenters. The third-order valence-electron chi connectivity index (χ3n) is 8.36. The van der Waals surface area contributed by atoms with Crippen LogP contribution in [0, 0.1) is 40.8 Å². The summed E-state index contributed by atoms with van der Waals surface area (Å²) < 4.78 is 20.7. The van der Waals surface area contributed by atoms with E-state index in [0.717, 1.165) is 6.42 Å². The predicted octanol–water partition coefficient (Wildman–Crippen LogP) is 4.03. The SMILES string of the molecule is CC1C2C1[C@@H]1C[C@H]2[C@@H](C(=O)N[C@H](C#N)Cc2ccc(-c3ccc(C(N)=O)cc3)cc2F)N1C(=O)OC(C)(C)C. The minimum atomic E-state index is -0.972. The van der Waals surface area contributed by atoms with Crippen molar-refractivity contribution in [2.45, 2.75) is 64.3 Å². The van der Waals surface area contributed by atoms with Crippen molar-refractivity contribution in [2.75, 3.05) is 0 Å². The third kappa shape index (κ3) is 4.96. The number of benzene rings is 2. The maximum atomic E-state index is 15.1. The van der Waals surface area contributed by atoms with Gasteiger partial charge in [-0.2, -0.15) is 5.26 Å². The zero-order valence-electron chi connectivity index (χ0n) is 22.5. The van der Waals surface area contributed by atoms with Gasteiger partial charge in [-0.25, -0.2) is 9.18 Å². The summed E-state index contributed by atoms with van der Waals surface area (Å²) in [4.78, 5) is 39.5. The molecule has 9 heteroatoms. The molecular formula is C30H33FN4O4. The van der Waals surface area contributed by atoms with E-state index in [1.165, 1.54) is 6.07 Å². The lowest BCUT2D eigenvalue weighted by Gasteiger charge is -2.35. The van der Waals surface area contributed by atoms with Gasteiger partial charge in [-0.15, -0.1) is 0 Å². The van der Waals surface area contributed by atoms with Crippen molar-refractivity contribution in [2.24, 2.45) is 29.4 Å². The van der Waals surface area contributed by atoms with Crippen molar-refractivity contribution >= 4 is 17.9 Å². The molecule has 3 amide bonds. The summed E-state index contributed by atoms with van der Waals surface area (Å²) in [6, 6.07) is 11.5. The molecule has 2 bridgehead atoms. The highest BCUT2D eigenvalue weighted by atomic mass is 19.1. The summed E-state index contributed by atoms with van der Waals surface area (Å²) in [5.41, 5.74) is 6.54. The lowest BCUT2D eigenvalue weighted by Crippen LogP contribution is -2.56. The van der Waals surface area contributed by atoms with Crippen LogP contribution in [0.15, 0.2) is 42.5 Å². The predicted molar refractivity (Wildman–Crippen MR) is 142 cm³/mol. The Morgan fingerprint density at radius 1 is 1.15 bits per heavy atom. The molecule has 0 aromatic heterocycles. The van der Waals surface area contributed by atoms with E-state index in [1.807, 2.05) is 0 Å². The van der Waals surface area contributed by atoms with Gasteiger partial charge in [0.15, 0.2) is 0 Å². The second-order valence-corrected chi connectivity index (χ2v) is 12.0. The second-order valence-electron chi connectivity index (χ2n) is 12.0. The minimum Gasteiger partial charge on any atom is -0.444 e. The highest BCUT2D eigenvalue weighted by Gasteiger charge is 2.71. The Morgan fingerprint density at radius 3 is 2.41 bits per heavy atom. The summed E-state index contributed by atoms with van der Waals surface area (Å²) in [6.07, 6.45) is 0.224. The zero-order valence-corrected chi connectivity index (χ0v) is 22.5. The highest BCUT2D eigenvalue weighted by molar-refractivity contribution is 5.93. The van der Waals surface area contributed by atoms with Gasteiger partial charge in [-0.1, -0.05) is 31.2 Å². The van der Waals surface area contributed by atoms with Crippen molar-refractivity contribution in [3.05, 3.63) is 59.4 Å². The first-order valence-corrected chi connectivity index (χ1v) is 13.3. The molecule has 2 aliphatic carbocycles. The number of fused-ring (bicyclic) bond motifs is 5. The fourth-order valence-corrected chi connectivity index (χ4v) is 6.66. The number of amides is 3. The van der Waals surface area contributed by atoms with E-state index in [2.05, 4.69) is 18.3 Å². The van der Waals surface area contributed by atoms with E-state index >= 15 is 4.39 Å². The number of carbonyl (C=O) groups excluding carboxylic acids is 3. The molecule has 3 unspecified atom stereocenters. The van der Waals surface area contributed by atoms with Gasteiger partial charge in [0.05, 0.1) is 6.07 Å². The number of hydrogen-bond donors (Lipinski definition) is 2. The Kier molecular flexibility index (Phi) is 6.61. The highest BCUT2D eigenvalue weighted by Crippen LogP contribution is 2.67. The molecule has 2 saturated carbocycles. The van der Waals surface area contributed by atoms with E-state index < -0.39 is 41.4 Å². The number of likely N-dealkylation sites (tertiary alicyclic amines) is 1. The number of halogens is 1. The number of nitrogens with zero attached hydrogens (tertiary/aromatic N) is 2. The molecule has 0 radical (unpaired) electrons. The van der Waals surface area contributed by atoms with Crippen LogP contribution < -0.4 is 11.1 Å². The third-order valence-corrected chi connectivity index (χ3v) is 8.36. The number of rotatable bonds is 6. The largest absolute Gasteiger partial charge is 0.444 e. The van der Waals surface area contributed by atoms with Gasteiger partial charge in [0.1, 0.15) is 23.5 Å². The molecule has 1 aliphatic heterocycles. The quantitative estimate of drug-likeness (QED) is 0.581. The first kappa shape index (κ1) is 26.7. The molecular weight excluding hydrogens is 499 g/mol. The van der Waals surface area contributed by atoms with Gasteiger partial charge in [0.2, 0.25) is 11.8 Å². The van der Waals surface area contributed by atoms with Crippen molar-refractivity contribution in [3.8, 4) is 17.2 Å². The summed E-state index contributed by atoms with van der Waals surface area (Å²) in [7, 11) is 0. The lowest BCUT2D eigenvalue weighted by atomic mass is 9.94. The summed E-state index contributed by atoms with van der Waals surface area (Å²) in [5.74, 6) is -0.194. The second kappa shape index (κ2) is 9.67. The Labute approximate surface area is 227 Å². The molecule has 3 N–H and O–H groups in total. The molecule has 1 saturated heterocycles. The normalized spacial score (nSPS) is 27.3. The van der Waals surface area contributed by atoms with E-state index in [4.69, 9.17) is 10.5 Å². The van der Waals surface area contributed by atoms with Gasteiger partial charge in [-0.05, 0) is 85.8 Å². The van der Waals surface area contributed by atoms with Gasteiger partial charge in [-0.3, -0.25) is 14.5 Å². The van der Waals surface area contributed by atoms with Crippen molar-refractivity contribution in [1.82, 2.24) is 10.2 Å². The Morgan fingerprint density at radius 2 is 1.82 bits per heavy atom. The first-order chi connectivity index (χ1) is 18.4. The number of nitrogens with two attached hydrogens (primary N) is 1. The van der Waals surface area contributed by atoms with E-state index in [-0.39, 0.29) is 23.9 Å². The van der Waals surface area contributed by atoms with Crippen LogP contribution in [0.1, 0.15) is 50.0 Å². The van der Waals surface area contributed by atoms with Crippen LogP contribution in [0.3, 0.4) is 0 Å². The standard InChI is InChI=1S/C30H33FN4O4/c1-15-24-21-13-23(25(15)24)35(29(38)39-30(2,3)4)26(21)28(37)34-20(14-32)11-19-10-9-18(12-22(19)31)16-5-7-17(8-6-16)27(33)36/h5-10,12,15,20-21,23-26H,11,13H2,1-4H3,(H2,33,36)(H,34,37)/t15?,20-,21+,23-,24?,25?,26-/m0/s1. The fraction of sp³-hybridized carbons (Fsp3) is 0.467. The lowest BCUT2D eigenvalue weighted by molar-refractivity contribution is -0.128. The monoisotopic (exact) mass is 532 g/mol. The number of hydrogen-bond acceptors (Lipinski definition) is 5. The molecule has 3 fully saturated rings. The molecule has 8 nitrogen and oxygen atoms in total. The summed E-state index contributed by atoms with van der Waals surface area (Å²) in [6.45, 7) is 7.52. The van der Waals surface area contributed by atoms with Gasteiger partial charge < -0.3 is 15.8 Å². The molecule has 3 aliphatic rings. The van der Waals surface area contributed by atoms with Gasteiger partial charge >= 0.3 is 6.09 Å². The number of nitrogens with one attached hydrogen (secondary N) is 1. The van der Waals surface area contributed by atoms with Crippen LogP contribution in [0.25, 0.3) is 11.1 Å². The Bertz CT molecular complexity index is 1360. The average molecular weight is 533 g/mol. The molecule has 39 heavy (non-hydrogen) atoms. The molecule has 2 aromatic rings. The van der Waals surface area contributed by atoms with E-state index in [1.54, 1.807) is 62.1 Å². The minimum absolute atomic E-state index is 0.0231. The van der Waals surface area contributed by atoms with Gasteiger partial charge in [0.25, 0.3) is 0 Å². The van der Waals surface area contributed by atoms with Gasteiger partial charge in [0, 0.05) is 18.0 Å². The average Bonchev–Trinajstić information content (AvgIpc) is 3.21. The summed E-state index contributed by atoms with van der Waals surface area (Å²) >= 11 is 0.